The van der Waals surface area contributed by atoms with E-state index in [9.17, 15) is 9.59 Å². The number of benzene rings is 1. The number of hydrogen-bond acceptors (Lipinski definition) is 5. The Morgan fingerprint density at radius 3 is 2.71 bits per heavy atom. The van der Waals surface area contributed by atoms with Crippen molar-refractivity contribution >= 4 is 11.8 Å². The summed E-state index contributed by atoms with van der Waals surface area (Å²) in [7, 11) is 0. The van der Waals surface area contributed by atoms with Crippen LogP contribution >= 0.6 is 0 Å². The van der Waals surface area contributed by atoms with Gasteiger partial charge in [-0.05, 0) is 24.6 Å². The number of fused-ring (bicyclic) bond motifs is 1. The summed E-state index contributed by atoms with van der Waals surface area (Å²) in [5.41, 5.74) is 3.93. The van der Waals surface area contributed by atoms with Crippen LogP contribution in [0.25, 0.3) is 0 Å². The summed E-state index contributed by atoms with van der Waals surface area (Å²) in [6, 6.07) is 13.4. The lowest BCUT2D eigenvalue weighted by Gasteiger charge is -2.27. The highest BCUT2D eigenvalue weighted by Crippen LogP contribution is 2.18. The van der Waals surface area contributed by atoms with Gasteiger partial charge in [0.1, 0.15) is 12.2 Å². The van der Waals surface area contributed by atoms with Crippen molar-refractivity contribution in [2.24, 2.45) is 0 Å². The van der Waals surface area contributed by atoms with Crippen LogP contribution in [0.1, 0.15) is 33.0 Å². The van der Waals surface area contributed by atoms with E-state index in [0.717, 1.165) is 17.0 Å². The molecule has 0 saturated carbocycles. The zero-order chi connectivity index (χ0) is 19.5. The van der Waals surface area contributed by atoms with E-state index in [-0.39, 0.29) is 24.9 Å². The van der Waals surface area contributed by atoms with Crippen LogP contribution in [0.3, 0.4) is 0 Å². The molecule has 4 rings (SSSR count). The highest BCUT2D eigenvalue weighted by molar-refractivity contribution is 5.93. The molecule has 0 unspecified atom stereocenters. The van der Waals surface area contributed by atoms with Crippen LogP contribution in [0, 0.1) is 6.92 Å². The maximum atomic E-state index is 12.4. The van der Waals surface area contributed by atoms with Crippen molar-refractivity contribution in [2.45, 2.75) is 33.1 Å². The fourth-order valence-electron chi connectivity index (χ4n) is 3.12. The average Bonchev–Trinajstić information content (AvgIpc) is 3.09. The van der Waals surface area contributed by atoms with E-state index in [1.807, 2.05) is 37.3 Å². The summed E-state index contributed by atoms with van der Waals surface area (Å²) in [5.74, 6) is -0.218. The number of carbonyl (C=O) groups excluding carboxylic acids is 2. The zero-order valence-corrected chi connectivity index (χ0v) is 15.5. The van der Waals surface area contributed by atoms with Gasteiger partial charge < -0.3 is 10.2 Å². The fourth-order valence-corrected chi connectivity index (χ4v) is 3.12. The standard InChI is InChI=1S/C20H20N6O2/c1-14-7-8-16(9-21-14)20(28)22-10-17-18-12-25(11-15-5-3-2-4-6-15)19(27)13-26(18)24-23-17/h2-9H,10-13H2,1H3,(H,22,28). The van der Waals surface area contributed by atoms with E-state index >= 15 is 0 Å². The van der Waals surface area contributed by atoms with Crippen LogP contribution in [-0.2, 0) is 31.0 Å². The third-order valence-corrected chi connectivity index (χ3v) is 4.70. The topological polar surface area (TPSA) is 93.0 Å². The van der Waals surface area contributed by atoms with Crippen LogP contribution < -0.4 is 5.32 Å². The Morgan fingerprint density at radius 1 is 1.14 bits per heavy atom. The first-order chi connectivity index (χ1) is 13.6. The molecule has 0 atom stereocenters. The summed E-state index contributed by atoms with van der Waals surface area (Å²) in [5, 5.41) is 11.1. The quantitative estimate of drug-likeness (QED) is 0.728. The molecule has 3 aromatic rings. The van der Waals surface area contributed by atoms with Gasteiger partial charge >= 0.3 is 0 Å². The summed E-state index contributed by atoms with van der Waals surface area (Å²) >= 11 is 0. The zero-order valence-electron chi connectivity index (χ0n) is 15.5. The maximum Gasteiger partial charge on any atom is 0.253 e. The third-order valence-electron chi connectivity index (χ3n) is 4.70. The summed E-state index contributed by atoms with van der Waals surface area (Å²) in [4.78, 5) is 30.6. The second kappa shape index (κ2) is 7.59. The van der Waals surface area contributed by atoms with Gasteiger partial charge in [-0.25, -0.2) is 4.68 Å². The minimum atomic E-state index is -0.220. The van der Waals surface area contributed by atoms with E-state index in [0.29, 0.717) is 24.3 Å². The molecule has 1 N–H and O–H groups in total. The third kappa shape index (κ3) is 3.75. The number of hydrogen-bond donors (Lipinski definition) is 1. The second-order valence-electron chi connectivity index (χ2n) is 6.75. The summed E-state index contributed by atoms with van der Waals surface area (Å²) < 4.78 is 1.61. The van der Waals surface area contributed by atoms with Crippen molar-refractivity contribution in [3.8, 4) is 0 Å². The Hall–Kier alpha value is -3.55. The predicted molar refractivity (Wildman–Crippen MR) is 101 cm³/mol. The number of amides is 2. The van der Waals surface area contributed by atoms with Crippen molar-refractivity contribution in [3.05, 3.63) is 76.9 Å². The Bertz CT molecular complexity index is 997. The number of aromatic nitrogens is 4. The molecule has 0 bridgehead atoms. The lowest BCUT2D eigenvalue weighted by atomic mass is 10.1. The van der Waals surface area contributed by atoms with Crippen LogP contribution in [0.5, 0.6) is 0 Å². The number of aryl methyl sites for hydroxylation is 1. The molecule has 8 nitrogen and oxygen atoms in total. The predicted octanol–water partition coefficient (Wildman–Crippen LogP) is 1.45. The monoisotopic (exact) mass is 376 g/mol. The number of pyridine rings is 1. The molecule has 0 spiro atoms. The molecular formula is C20H20N6O2. The molecule has 0 radical (unpaired) electrons. The van der Waals surface area contributed by atoms with Gasteiger partial charge in [0.05, 0.1) is 24.3 Å². The van der Waals surface area contributed by atoms with Crippen LogP contribution in [0.2, 0.25) is 0 Å². The van der Waals surface area contributed by atoms with E-state index < -0.39 is 0 Å². The van der Waals surface area contributed by atoms with Gasteiger partial charge in [-0.1, -0.05) is 35.5 Å². The molecular weight excluding hydrogens is 356 g/mol. The van der Waals surface area contributed by atoms with Gasteiger partial charge in [0, 0.05) is 18.4 Å². The van der Waals surface area contributed by atoms with Crippen molar-refractivity contribution < 1.29 is 9.59 Å². The van der Waals surface area contributed by atoms with Crippen molar-refractivity contribution in [1.29, 1.82) is 0 Å². The van der Waals surface area contributed by atoms with Gasteiger partial charge in [0.2, 0.25) is 5.91 Å². The van der Waals surface area contributed by atoms with Gasteiger partial charge in [-0.3, -0.25) is 14.6 Å². The molecule has 3 heterocycles. The van der Waals surface area contributed by atoms with Crippen LogP contribution in [0.15, 0.2) is 48.7 Å². The first-order valence-corrected chi connectivity index (χ1v) is 9.04. The fraction of sp³-hybridized carbons (Fsp3) is 0.250. The van der Waals surface area contributed by atoms with Crippen molar-refractivity contribution in [3.63, 3.8) is 0 Å². The lowest BCUT2D eigenvalue weighted by molar-refractivity contribution is -0.135. The second-order valence-corrected chi connectivity index (χ2v) is 6.75. The average molecular weight is 376 g/mol. The van der Waals surface area contributed by atoms with Crippen LogP contribution in [-0.4, -0.2) is 36.7 Å². The lowest BCUT2D eigenvalue weighted by Crippen LogP contribution is -2.39. The highest BCUT2D eigenvalue weighted by Gasteiger charge is 2.27. The minimum Gasteiger partial charge on any atom is -0.346 e. The molecule has 1 aliphatic heterocycles. The number of nitrogens with zero attached hydrogens (tertiary/aromatic N) is 5. The Balaban J connectivity index is 1.44. The molecule has 1 aromatic carbocycles. The molecule has 142 valence electrons. The Morgan fingerprint density at radius 2 is 1.96 bits per heavy atom. The van der Waals surface area contributed by atoms with Gasteiger partial charge in [0.15, 0.2) is 0 Å². The van der Waals surface area contributed by atoms with E-state index in [1.54, 1.807) is 27.9 Å². The molecule has 2 amide bonds. The van der Waals surface area contributed by atoms with Gasteiger partial charge in [-0.2, -0.15) is 0 Å². The minimum absolute atomic E-state index is 0.00238. The summed E-state index contributed by atoms with van der Waals surface area (Å²) in [6.07, 6.45) is 1.55. The van der Waals surface area contributed by atoms with E-state index in [2.05, 4.69) is 20.6 Å². The Kier molecular flexibility index (Phi) is 4.84. The SMILES string of the molecule is Cc1ccc(C(=O)NCc2nnn3c2CN(Cc2ccccc2)C(=O)C3)cn1. The van der Waals surface area contributed by atoms with E-state index in [4.69, 9.17) is 0 Å². The maximum absolute atomic E-state index is 12.4. The van der Waals surface area contributed by atoms with E-state index in [1.165, 1.54) is 0 Å². The molecule has 28 heavy (non-hydrogen) atoms. The molecule has 2 aromatic heterocycles. The Labute approximate surface area is 162 Å². The highest BCUT2D eigenvalue weighted by atomic mass is 16.2. The molecule has 0 aliphatic carbocycles. The van der Waals surface area contributed by atoms with Crippen molar-refractivity contribution in [1.82, 2.24) is 30.2 Å². The van der Waals surface area contributed by atoms with Gasteiger partial charge in [-0.15, -0.1) is 5.10 Å². The van der Waals surface area contributed by atoms with Crippen molar-refractivity contribution in [2.75, 3.05) is 0 Å². The van der Waals surface area contributed by atoms with Crippen LogP contribution in [0.4, 0.5) is 0 Å². The number of carbonyl (C=O) groups is 2. The summed E-state index contributed by atoms with van der Waals surface area (Å²) in [6.45, 7) is 3.22. The largest absolute Gasteiger partial charge is 0.346 e. The smallest absolute Gasteiger partial charge is 0.253 e. The number of nitrogens with one attached hydrogen (secondary N) is 1. The first-order valence-electron chi connectivity index (χ1n) is 9.04. The first kappa shape index (κ1) is 17.8. The molecule has 0 fully saturated rings. The molecule has 0 saturated heterocycles. The molecule has 8 heteroatoms. The number of rotatable bonds is 5. The normalized spacial score (nSPS) is 13.3. The molecule has 1 aliphatic rings. The van der Waals surface area contributed by atoms with Gasteiger partial charge in [0.25, 0.3) is 5.91 Å².